The largest absolute Gasteiger partial charge is 0.513 e. The van der Waals surface area contributed by atoms with Gasteiger partial charge in [-0.3, -0.25) is 0 Å². The molecule has 0 heterocycles. The van der Waals surface area contributed by atoms with Crippen LogP contribution in [0.15, 0.2) is 24.3 Å². The number of nitrogens with zero attached hydrogens (tertiary/aromatic N) is 1. The van der Waals surface area contributed by atoms with E-state index in [1.807, 2.05) is 0 Å². The molecule has 0 unspecified atom stereocenters. The highest BCUT2D eigenvalue weighted by atomic mass is 17.0. The fourth-order valence-corrected chi connectivity index (χ4v) is 1.15. The third-order valence-electron chi connectivity index (χ3n) is 1.84. The number of carbonyl (C=O) groups is 1. The van der Waals surface area contributed by atoms with Gasteiger partial charge in [-0.2, -0.15) is 0 Å². The molecule has 0 N–H and O–H groups in total. The highest BCUT2D eigenvalue weighted by Crippen LogP contribution is 2.26. The van der Waals surface area contributed by atoms with Gasteiger partial charge in [-0.05, 0) is 19.1 Å². The molecule has 8 heteroatoms. The first-order valence-corrected chi connectivity index (χ1v) is 5.47. The molecule has 0 atom stereocenters. The van der Waals surface area contributed by atoms with Crippen molar-refractivity contribution < 1.29 is 28.9 Å². The van der Waals surface area contributed by atoms with Crippen LogP contribution in [0.25, 0.3) is 0 Å². The van der Waals surface area contributed by atoms with Gasteiger partial charge in [-0.15, -0.1) is 10.1 Å². The summed E-state index contributed by atoms with van der Waals surface area (Å²) in [6, 6.07) is 6.39. The lowest BCUT2D eigenvalue weighted by Gasteiger charge is -2.10. The van der Waals surface area contributed by atoms with E-state index < -0.39 is 11.2 Å². The van der Waals surface area contributed by atoms with E-state index in [2.05, 4.69) is 9.57 Å². The SMILES string of the molecule is CCOC(=O)Oc1ccccc1OCCO[N+](=O)[O-]. The van der Waals surface area contributed by atoms with Crippen molar-refractivity contribution in [2.24, 2.45) is 0 Å². The van der Waals surface area contributed by atoms with Gasteiger partial charge in [-0.1, -0.05) is 12.1 Å². The van der Waals surface area contributed by atoms with Gasteiger partial charge in [0.1, 0.15) is 13.2 Å². The Morgan fingerprint density at radius 1 is 1.26 bits per heavy atom. The number of para-hydroxylation sites is 2. The second-order valence-electron chi connectivity index (χ2n) is 3.14. The third kappa shape index (κ3) is 5.57. The summed E-state index contributed by atoms with van der Waals surface area (Å²) in [6.45, 7) is 1.57. The van der Waals surface area contributed by atoms with E-state index in [0.717, 1.165) is 0 Å². The first-order valence-electron chi connectivity index (χ1n) is 5.47. The van der Waals surface area contributed by atoms with Crippen molar-refractivity contribution in [2.75, 3.05) is 19.8 Å². The fraction of sp³-hybridized carbons (Fsp3) is 0.364. The molecular formula is C11H13NO7. The molecule has 0 bridgehead atoms. The molecule has 0 aliphatic heterocycles. The van der Waals surface area contributed by atoms with Gasteiger partial charge in [0.05, 0.1) is 6.61 Å². The van der Waals surface area contributed by atoms with Crippen molar-refractivity contribution in [3.8, 4) is 11.5 Å². The second-order valence-corrected chi connectivity index (χ2v) is 3.14. The molecule has 0 fully saturated rings. The molecule has 104 valence electrons. The molecule has 0 aliphatic rings. The molecule has 0 radical (unpaired) electrons. The number of carbonyl (C=O) groups excluding carboxylic acids is 1. The standard InChI is InChI=1S/C11H13NO7/c1-2-16-11(13)19-10-6-4-3-5-9(10)17-7-8-18-12(14)15/h3-6H,2,7-8H2,1H3. The van der Waals surface area contributed by atoms with Crippen LogP contribution >= 0.6 is 0 Å². The average molecular weight is 271 g/mol. The first-order chi connectivity index (χ1) is 9.13. The zero-order chi connectivity index (χ0) is 14.1. The monoisotopic (exact) mass is 271 g/mol. The van der Waals surface area contributed by atoms with Crippen LogP contribution in [-0.4, -0.2) is 31.1 Å². The normalized spacial score (nSPS) is 9.53. The van der Waals surface area contributed by atoms with E-state index >= 15 is 0 Å². The zero-order valence-electron chi connectivity index (χ0n) is 10.2. The van der Waals surface area contributed by atoms with Crippen molar-refractivity contribution in [2.45, 2.75) is 6.92 Å². The minimum Gasteiger partial charge on any atom is -0.488 e. The van der Waals surface area contributed by atoms with Gasteiger partial charge >= 0.3 is 6.16 Å². The topological polar surface area (TPSA) is 97.1 Å². The van der Waals surface area contributed by atoms with Crippen LogP contribution in [0.5, 0.6) is 11.5 Å². The van der Waals surface area contributed by atoms with E-state index in [-0.39, 0.29) is 31.3 Å². The van der Waals surface area contributed by atoms with Crippen molar-refractivity contribution in [3.63, 3.8) is 0 Å². The molecule has 8 nitrogen and oxygen atoms in total. The van der Waals surface area contributed by atoms with Crippen LogP contribution in [0.1, 0.15) is 6.92 Å². The van der Waals surface area contributed by atoms with Crippen LogP contribution in [0.3, 0.4) is 0 Å². The van der Waals surface area contributed by atoms with Crippen molar-refractivity contribution in [3.05, 3.63) is 34.4 Å². The fourth-order valence-electron chi connectivity index (χ4n) is 1.15. The zero-order valence-corrected chi connectivity index (χ0v) is 10.2. The van der Waals surface area contributed by atoms with E-state index in [1.54, 1.807) is 25.1 Å². The molecule has 0 spiro atoms. The first kappa shape index (κ1) is 14.6. The van der Waals surface area contributed by atoms with E-state index in [0.29, 0.717) is 0 Å². The van der Waals surface area contributed by atoms with Crippen molar-refractivity contribution >= 4 is 6.16 Å². The maximum atomic E-state index is 11.2. The Labute approximate surface area is 108 Å². The Bertz CT molecular complexity index is 435. The lowest BCUT2D eigenvalue weighted by atomic mass is 10.3. The van der Waals surface area contributed by atoms with Crippen LogP contribution in [0.2, 0.25) is 0 Å². The Morgan fingerprint density at radius 2 is 1.95 bits per heavy atom. The van der Waals surface area contributed by atoms with Gasteiger partial charge in [0.2, 0.25) is 0 Å². The van der Waals surface area contributed by atoms with Crippen molar-refractivity contribution in [1.82, 2.24) is 0 Å². The minimum absolute atomic E-state index is 0.0514. The molecule has 1 aromatic rings. The summed E-state index contributed by atoms with van der Waals surface area (Å²) in [5.74, 6) is 0.435. The lowest BCUT2D eigenvalue weighted by molar-refractivity contribution is -0.757. The Kier molecular flexibility index (Phi) is 5.93. The molecule has 19 heavy (non-hydrogen) atoms. The van der Waals surface area contributed by atoms with Crippen LogP contribution < -0.4 is 9.47 Å². The van der Waals surface area contributed by atoms with Gasteiger partial charge in [0.15, 0.2) is 11.5 Å². The summed E-state index contributed by atoms with van der Waals surface area (Å²) in [6.07, 6.45) is -0.847. The van der Waals surface area contributed by atoms with Crippen molar-refractivity contribution in [1.29, 1.82) is 0 Å². The predicted molar refractivity (Wildman–Crippen MR) is 62.5 cm³/mol. The second kappa shape index (κ2) is 7.75. The average Bonchev–Trinajstić information content (AvgIpc) is 2.36. The number of benzene rings is 1. The molecular weight excluding hydrogens is 258 g/mol. The Hall–Kier alpha value is -2.51. The number of hydrogen-bond donors (Lipinski definition) is 0. The molecule has 0 saturated heterocycles. The lowest BCUT2D eigenvalue weighted by Crippen LogP contribution is -2.13. The highest BCUT2D eigenvalue weighted by molar-refractivity contribution is 5.65. The number of ether oxygens (including phenoxy) is 3. The van der Waals surface area contributed by atoms with Gasteiger partial charge in [-0.25, -0.2) is 4.79 Å². The highest BCUT2D eigenvalue weighted by Gasteiger charge is 2.10. The molecule has 1 rings (SSSR count). The molecule has 0 saturated carbocycles. The van der Waals surface area contributed by atoms with Crippen LogP contribution in [0, 0.1) is 10.1 Å². The van der Waals surface area contributed by atoms with Crippen LogP contribution in [0.4, 0.5) is 4.79 Å². The Morgan fingerprint density at radius 3 is 2.58 bits per heavy atom. The molecule has 0 amide bonds. The maximum absolute atomic E-state index is 11.2. The summed E-state index contributed by atoms with van der Waals surface area (Å²) >= 11 is 0. The quantitative estimate of drug-likeness (QED) is 0.245. The maximum Gasteiger partial charge on any atom is 0.513 e. The number of rotatable bonds is 7. The third-order valence-corrected chi connectivity index (χ3v) is 1.84. The van der Waals surface area contributed by atoms with Gasteiger partial charge in [0.25, 0.3) is 5.09 Å². The molecule has 0 aromatic heterocycles. The summed E-state index contributed by atoms with van der Waals surface area (Å²) in [5, 5.41) is 9.02. The van der Waals surface area contributed by atoms with Gasteiger partial charge in [0, 0.05) is 0 Å². The van der Waals surface area contributed by atoms with E-state index in [1.165, 1.54) is 6.07 Å². The molecule has 0 aliphatic carbocycles. The van der Waals surface area contributed by atoms with Crippen LogP contribution in [-0.2, 0) is 9.57 Å². The van der Waals surface area contributed by atoms with Gasteiger partial charge < -0.3 is 19.0 Å². The molecule has 1 aromatic carbocycles. The number of hydrogen-bond acceptors (Lipinski definition) is 7. The summed E-state index contributed by atoms with van der Waals surface area (Å²) in [7, 11) is 0. The van der Waals surface area contributed by atoms with E-state index in [9.17, 15) is 14.9 Å². The summed E-state index contributed by atoms with van der Waals surface area (Å²) < 4.78 is 14.7. The van der Waals surface area contributed by atoms with E-state index in [4.69, 9.17) is 9.47 Å². The predicted octanol–water partition coefficient (Wildman–Crippen LogP) is 1.81. The Balaban J connectivity index is 2.52. The smallest absolute Gasteiger partial charge is 0.488 e. The summed E-state index contributed by atoms with van der Waals surface area (Å²) in [5.41, 5.74) is 0. The summed E-state index contributed by atoms with van der Waals surface area (Å²) in [4.78, 5) is 25.2. The minimum atomic E-state index is -0.912.